The van der Waals surface area contributed by atoms with E-state index >= 15 is 0 Å². The molecular weight excluding hydrogens is 184 g/mol. The Kier molecular flexibility index (Phi) is 1610. The topological polar surface area (TPSA) is 74.1 Å². The predicted octanol–water partition coefficient (Wildman–Crippen LogP) is -0.742. The summed E-state index contributed by atoms with van der Waals surface area (Å²) in [6.07, 6.45) is 0. The summed E-state index contributed by atoms with van der Waals surface area (Å²) < 4.78 is 8.06. The van der Waals surface area contributed by atoms with Crippen molar-refractivity contribution >= 4 is 10.1 Å². The maximum absolute atomic E-state index is 8.06. The van der Waals surface area contributed by atoms with E-state index in [2.05, 4.69) is 0 Å². The van der Waals surface area contributed by atoms with E-state index in [-0.39, 0.29) is 45.4 Å². The zero-order valence-corrected chi connectivity index (χ0v) is 5.87. The summed E-state index contributed by atoms with van der Waals surface area (Å²) in [6, 6.07) is 0. The molecule has 0 unspecified atom stereocenters. The first-order valence-electron chi connectivity index (χ1n) is 0.204. The zero-order valence-electron chi connectivity index (χ0n) is 2.49. The van der Waals surface area contributed by atoms with E-state index in [1.807, 2.05) is 0 Å². The van der Waals surface area contributed by atoms with E-state index < -0.39 is 0 Å². The van der Waals surface area contributed by atoms with Gasteiger partial charge in [-0.3, -0.25) is 0 Å². The van der Waals surface area contributed by atoms with Crippen LogP contribution in [0, 0.1) is 0 Å². The van der Waals surface area contributed by atoms with Gasteiger partial charge >= 0.3 is 49.0 Å². The third-order valence-electron chi connectivity index (χ3n) is 0. The number of rotatable bonds is 0. The van der Waals surface area contributed by atoms with Gasteiger partial charge in [-0.25, -0.2) is 0 Å². The largest absolute Gasteiger partial charge is 3.00 e. The van der Waals surface area contributed by atoms with E-state index in [4.69, 9.17) is 4.46 Å². The molecule has 0 aromatic carbocycles. The third-order valence-corrected chi connectivity index (χ3v) is 0. The molecule has 0 aromatic heterocycles. The first-order chi connectivity index (χ1) is 1.00. The van der Waals surface area contributed by atoms with Crippen molar-refractivity contribution in [2.75, 3.05) is 0 Å². The van der Waals surface area contributed by atoms with Crippen molar-refractivity contribution in [2.24, 2.45) is 0 Å². The maximum atomic E-state index is 8.06. The molecule has 6 heteroatoms. The first kappa shape index (κ1) is 63.4. The molecule has 0 saturated carbocycles. The Labute approximate surface area is 60.2 Å². The Morgan fingerprint density at radius 1 is 1.00 bits per heavy atom. The standard InChI is InChI=1S/Cr.Fe.OSi.2O/c;;1-2;;/q+3;2*+2;2*-2. The average molecular weight is 184 g/mol. The number of hydrogen-bond donors (Lipinski definition) is 0. The molecule has 0 heterocycles. The van der Waals surface area contributed by atoms with E-state index in [1.165, 1.54) is 0 Å². The monoisotopic (exact) mass is 184 g/mol. The van der Waals surface area contributed by atoms with Gasteiger partial charge in [0.05, 0.1) is 0 Å². The van der Waals surface area contributed by atoms with Crippen LogP contribution in [0.25, 0.3) is 0 Å². The second-order valence-electron chi connectivity index (χ2n) is 0. The molecule has 0 aliphatic carbocycles. The van der Waals surface area contributed by atoms with Crippen molar-refractivity contribution in [1.29, 1.82) is 0 Å². The van der Waals surface area contributed by atoms with Gasteiger partial charge in [0, 0.05) is 0 Å². The molecule has 6 heavy (non-hydrogen) atoms. The second-order valence-corrected chi connectivity index (χ2v) is 0. The summed E-state index contributed by atoms with van der Waals surface area (Å²) in [5.74, 6) is 0. The fourth-order valence-corrected chi connectivity index (χ4v) is 0. The fourth-order valence-electron chi connectivity index (χ4n) is 0. The molecule has 0 bridgehead atoms. The van der Waals surface area contributed by atoms with Gasteiger partial charge in [-0.05, 0) is 0 Å². The van der Waals surface area contributed by atoms with Crippen molar-refractivity contribution in [1.82, 2.24) is 0 Å². The summed E-state index contributed by atoms with van der Waals surface area (Å²) in [4.78, 5) is 0. The average Bonchev–Trinajstić information content (AvgIpc) is 1.00. The predicted molar refractivity (Wildman–Crippen MR) is 7.81 cm³/mol. The van der Waals surface area contributed by atoms with Gasteiger partial charge in [-0.2, -0.15) is 0 Å². The Bertz CT molecular complexity index is 10.8. The van der Waals surface area contributed by atoms with Crippen LogP contribution in [0.1, 0.15) is 0 Å². The summed E-state index contributed by atoms with van der Waals surface area (Å²) in [7, 11) is 1.72. The van der Waals surface area contributed by atoms with Crippen molar-refractivity contribution in [3.05, 3.63) is 0 Å². The van der Waals surface area contributed by atoms with Gasteiger partial charge in [0.15, 0.2) is 0 Å². The van der Waals surface area contributed by atoms with Crippen LogP contribution in [0.2, 0.25) is 0 Å². The summed E-state index contributed by atoms with van der Waals surface area (Å²) >= 11 is 0. The normalized spacial score (nSPS) is 1.00. The van der Waals surface area contributed by atoms with Crippen molar-refractivity contribution in [3.8, 4) is 0 Å². The van der Waals surface area contributed by atoms with Crippen LogP contribution in [-0.2, 0) is 49.8 Å². The van der Waals surface area contributed by atoms with E-state index in [9.17, 15) is 0 Å². The first-order valence-corrected chi connectivity index (χ1v) is 0.612. The summed E-state index contributed by atoms with van der Waals surface area (Å²) in [6.45, 7) is 0. The van der Waals surface area contributed by atoms with Gasteiger partial charge in [0.2, 0.25) is 0 Å². The molecule has 0 rings (SSSR count). The van der Waals surface area contributed by atoms with Crippen LogP contribution in [0.5, 0.6) is 0 Å². The Hall–Kier alpha value is 0.989. The van der Waals surface area contributed by atoms with Crippen molar-refractivity contribution < 1.29 is 49.8 Å². The second kappa shape index (κ2) is 152. The van der Waals surface area contributed by atoms with Gasteiger partial charge in [-0.1, -0.05) is 0 Å². The van der Waals surface area contributed by atoms with Crippen LogP contribution in [0.4, 0.5) is 0 Å². The van der Waals surface area contributed by atoms with Crippen LogP contribution in [0.15, 0.2) is 0 Å². The molecule has 3 nitrogen and oxygen atoms in total. The van der Waals surface area contributed by atoms with Gasteiger partial charge in [0.1, 0.15) is 0 Å². The molecule has 0 amide bonds. The Morgan fingerprint density at radius 3 is 1.00 bits per heavy atom. The molecule has 0 aliphatic rings. The van der Waals surface area contributed by atoms with Crippen molar-refractivity contribution in [3.63, 3.8) is 0 Å². The van der Waals surface area contributed by atoms with Crippen molar-refractivity contribution in [2.45, 2.75) is 0 Å². The minimum Gasteiger partial charge on any atom is -2.00 e. The molecule has 0 fully saturated rings. The smallest absolute Gasteiger partial charge is 2.00 e. The molecule has 0 aromatic rings. The van der Waals surface area contributed by atoms with Gasteiger partial charge in [0.25, 0.3) is 0 Å². The fraction of sp³-hybridized carbons (Fsp3) is 0. The van der Waals surface area contributed by atoms with Gasteiger partial charge in [-0.15, -0.1) is 0 Å². The minimum absolute atomic E-state index is 0. The minimum atomic E-state index is 0. The van der Waals surface area contributed by atoms with E-state index in [1.54, 1.807) is 10.1 Å². The molecule has 0 N–H and O–H groups in total. The maximum Gasteiger partial charge on any atom is 3.00 e. The van der Waals surface area contributed by atoms with Crippen LogP contribution < -0.4 is 0 Å². The van der Waals surface area contributed by atoms with Crippen LogP contribution in [-0.4, -0.2) is 10.1 Å². The quantitative estimate of drug-likeness (QED) is 0.456. The Balaban J connectivity index is -0.000000000833. The Morgan fingerprint density at radius 2 is 1.00 bits per heavy atom. The molecule has 1 radical (unpaired) electrons. The third kappa shape index (κ3) is 81.2. The molecule has 0 aliphatic heterocycles. The van der Waals surface area contributed by atoms with Gasteiger partial charge < -0.3 is 11.0 Å². The van der Waals surface area contributed by atoms with Crippen LogP contribution >= 0.6 is 0 Å². The molecule has 0 spiro atoms. The zero-order chi connectivity index (χ0) is 2.00. The summed E-state index contributed by atoms with van der Waals surface area (Å²) in [5.41, 5.74) is 0. The number of hydrogen-bond acceptors (Lipinski definition) is 1. The summed E-state index contributed by atoms with van der Waals surface area (Å²) in [5, 5.41) is 0. The van der Waals surface area contributed by atoms with E-state index in [0.717, 1.165) is 0 Å². The SMILES string of the molecule is O=[Si+2].[Cr+3].[Fe+2].[O-2].[O-2]. The van der Waals surface area contributed by atoms with E-state index in [0.29, 0.717) is 0 Å². The van der Waals surface area contributed by atoms with Crippen LogP contribution in [0.3, 0.4) is 0 Å². The molecular formula is CrFeO3Si+3. The molecule has 0 saturated heterocycles. The molecule has 33 valence electrons. The molecule has 0 atom stereocenters.